The molecule has 0 aliphatic rings. The number of aryl methyl sites for hydroxylation is 1. The quantitative estimate of drug-likeness (QED) is 0.780. The molecule has 0 aliphatic carbocycles. The molecule has 23 heavy (non-hydrogen) atoms. The van der Waals surface area contributed by atoms with Crippen molar-refractivity contribution < 1.29 is 14.7 Å². The Morgan fingerprint density at radius 3 is 2.26 bits per heavy atom. The van der Waals surface area contributed by atoms with Crippen LogP contribution in [0.25, 0.3) is 0 Å². The lowest BCUT2D eigenvalue weighted by molar-refractivity contribution is -0.141. The molecule has 0 aliphatic heterocycles. The van der Waals surface area contributed by atoms with Crippen molar-refractivity contribution in [2.24, 2.45) is 0 Å². The monoisotopic (exact) mass is 375 g/mol. The molecule has 0 spiro atoms. The summed E-state index contributed by atoms with van der Waals surface area (Å²) in [4.78, 5) is 23.4. The molecule has 2 N–H and O–H groups in total. The minimum Gasteiger partial charge on any atom is -0.480 e. The molecule has 1 amide bonds. The van der Waals surface area contributed by atoms with Crippen LogP contribution in [-0.4, -0.2) is 23.0 Å². The summed E-state index contributed by atoms with van der Waals surface area (Å²) in [6.07, 6.45) is 1.13. The first-order valence-electron chi connectivity index (χ1n) is 7.35. The maximum Gasteiger partial charge on any atom is 0.326 e. The minimum atomic E-state index is -1.03. The Morgan fingerprint density at radius 2 is 1.65 bits per heavy atom. The van der Waals surface area contributed by atoms with Crippen LogP contribution in [0.4, 0.5) is 0 Å². The standard InChI is InChI=1S/C18H18BrNO3/c19-15-9-6-14(7-10-15)12-16(18(22)23)20-17(21)11-8-13-4-2-1-3-5-13/h1-7,9-10,16H,8,11-12H2,(H,20,21)(H,22,23)/t16-/m0/s1. The number of nitrogens with one attached hydrogen (secondary N) is 1. The molecule has 0 saturated heterocycles. The highest BCUT2D eigenvalue weighted by atomic mass is 79.9. The Morgan fingerprint density at radius 1 is 1.00 bits per heavy atom. The van der Waals surface area contributed by atoms with Crippen molar-refractivity contribution in [1.29, 1.82) is 0 Å². The lowest BCUT2D eigenvalue weighted by atomic mass is 10.1. The SMILES string of the molecule is O=C(CCc1ccccc1)N[C@@H](Cc1ccc(Br)cc1)C(=O)O. The summed E-state index contributed by atoms with van der Waals surface area (Å²) in [6.45, 7) is 0. The van der Waals surface area contributed by atoms with E-state index in [0.717, 1.165) is 15.6 Å². The van der Waals surface area contributed by atoms with Crippen molar-refractivity contribution in [2.45, 2.75) is 25.3 Å². The first kappa shape index (κ1) is 17.2. The summed E-state index contributed by atoms with van der Waals surface area (Å²) in [5.41, 5.74) is 1.92. The van der Waals surface area contributed by atoms with Crippen molar-refractivity contribution in [1.82, 2.24) is 5.32 Å². The predicted octanol–water partition coefficient (Wildman–Crippen LogP) is 3.19. The summed E-state index contributed by atoms with van der Waals surface area (Å²) in [7, 11) is 0. The third-order valence-corrected chi connectivity index (χ3v) is 4.00. The lowest BCUT2D eigenvalue weighted by Gasteiger charge is -2.15. The molecule has 1 atom stereocenters. The van der Waals surface area contributed by atoms with Crippen LogP contribution < -0.4 is 5.32 Å². The molecule has 0 fully saturated rings. The molecule has 0 saturated carbocycles. The van der Waals surface area contributed by atoms with Gasteiger partial charge in [0, 0.05) is 17.3 Å². The van der Waals surface area contributed by atoms with E-state index in [2.05, 4.69) is 21.2 Å². The normalized spacial score (nSPS) is 11.7. The molecular weight excluding hydrogens is 358 g/mol. The van der Waals surface area contributed by atoms with Gasteiger partial charge in [0.15, 0.2) is 0 Å². The van der Waals surface area contributed by atoms with Gasteiger partial charge in [0.25, 0.3) is 0 Å². The average molecular weight is 376 g/mol. The predicted molar refractivity (Wildman–Crippen MR) is 92.2 cm³/mol. The fourth-order valence-electron chi connectivity index (χ4n) is 2.23. The molecule has 2 aromatic rings. The first-order chi connectivity index (χ1) is 11.0. The van der Waals surface area contributed by atoms with Crippen molar-refractivity contribution >= 4 is 27.8 Å². The van der Waals surface area contributed by atoms with E-state index in [1.54, 1.807) is 0 Å². The van der Waals surface area contributed by atoms with Crippen LogP contribution in [0.3, 0.4) is 0 Å². The van der Waals surface area contributed by atoms with E-state index < -0.39 is 12.0 Å². The minimum absolute atomic E-state index is 0.252. The zero-order valence-corrected chi connectivity index (χ0v) is 14.1. The van der Waals surface area contributed by atoms with Crippen LogP contribution in [0, 0.1) is 0 Å². The van der Waals surface area contributed by atoms with Gasteiger partial charge in [0.1, 0.15) is 6.04 Å². The fraction of sp³-hybridized carbons (Fsp3) is 0.222. The second-order valence-electron chi connectivity index (χ2n) is 5.27. The Labute approximate surface area is 143 Å². The number of carbonyl (C=O) groups is 2. The number of rotatable bonds is 7. The van der Waals surface area contributed by atoms with Gasteiger partial charge in [-0.2, -0.15) is 0 Å². The van der Waals surface area contributed by atoms with Crippen molar-refractivity contribution in [3.63, 3.8) is 0 Å². The van der Waals surface area contributed by atoms with Crippen molar-refractivity contribution in [3.05, 3.63) is 70.2 Å². The molecule has 2 aromatic carbocycles. The molecule has 0 aromatic heterocycles. The zero-order valence-electron chi connectivity index (χ0n) is 12.5. The number of carboxylic acids is 1. The second-order valence-corrected chi connectivity index (χ2v) is 6.19. The summed E-state index contributed by atoms with van der Waals surface area (Å²) >= 11 is 3.34. The topological polar surface area (TPSA) is 66.4 Å². The van der Waals surface area contributed by atoms with E-state index in [4.69, 9.17) is 0 Å². The van der Waals surface area contributed by atoms with E-state index in [-0.39, 0.29) is 18.7 Å². The van der Waals surface area contributed by atoms with E-state index in [0.29, 0.717) is 6.42 Å². The Kier molecular flexibility index (Phi) is 6.35. The maximum absolute atomic E-state index is 12.0. The van der Waals surface area contributed by atoms with Crippen molar-refractivity contribution in [3.8, 4) is 0 Å². The van der Waals surface area contributed by atoms with E-state index in [1.165, 1.54) is 0 Å². The highest BCUT2D eigenvalue weighted by molar-refractivity contribution is 9.10. The number of amides is 1. The van der Waals surface area contributed by atoms with Gasteiger partial charge in [0.05, 0.1) is 0 Å². The summed E-state index contributed by atoms with van der Waals surface area (Å²) < 4.78 is 0.931. The molecule has 2 rings (SSSR count). The number of benzene rings is 2. The highest BCUT2D eigenvalue weighted by Gasteiger charge is 2.20. The number of aliphatic carboxylic acids is 1. The Balaban J connectivity index is 1.89. The van der Waals surface area contributed by atoms with Crippen LogP contribution in [-0.2, 0) is 22.4 Å². The van der Waals surface area contributed by atoms with Gasteiger partial charge in [-0.15, -0.1) is 0 Å². The van der Waals surface area contributed by atoms with E-state index in [9.17, 15) is 14.7 Å². The molecule has 0 unspecified atom stereocenters. The Bertz CT molecular complexity index is 656. The summed E-state index contributed by atoms with van der Waals surface area (Å²) in [6, 6.07) is 16.1. The van der Waals surface area contributed by atoms with Crippen LogP contribution in [0.15, 0.2) is 59.1 Å². The Hall–Kier alpha value is -2.14. The van der Waals surface area contributed by atoms with Gasteiger partial charge in [0.2, 0.25) is 5.91 Å². The number of hydrogen-bond donors (Lipinski definition) is 2. The van der Waals surface area contributed by atoms with Gasteiger partial charge in [-0.25, -0.2) is 4.79 Å². The van der Waals surface area contributed by atoms with Crippen LogP contribution in [0.5, 0.6) is 0 Å². The van der Waals surface area contributed by atoms with Gasteiger partial charge in [-0.3, -0.25) is 4.79 Å². The fourth-order valence-corrected chi connectivity index (χ4v) is 2.49. The largest absolute Gasteiger partial charge is 0.480 e. The number of halogens is 1. The summed E-state index contributed by atoms with van der Waals surface area (Å²) in [5, 5.41) is 11.9. The van der Waals surface area contributed by atoms with Gasteiger partial charge < -0.3 is 10.4 Å². The number of carboxylic acid groups (broad SMARTS) is 1. The highest BCUT2D eigenvalue weighted by Crippen LogP contribution is 2.12. The smallest absolute Gasteiger partial charge is 0.326 e. The average Bonchev–Trinajstić information content (AvgIpc) is 2.55. The van der Waals surface area contributed by atoms with E-state index >= 15 is 0 Å². The zero-order chi connectivity index (χ0) is 16.7. The van der Waals surface area contributed by atoms with Crippen LogP contribution in [0.2, 0.25) is 0 Å². The van der Waals surface area contributed by atoms with Crippen LogP contribution >= 0.6 is 15.9 Å². The number of hydrogen-bond acceptors (Lipinski definition) is 2. The summed E-state index contributed by atoms with van der Waals surface area (Å²) in [5.74, 6) is -1.28. The van der Waals surface area contributed by atoms with Gasteiger partial charge in [-0.1, -0.05) is 58.4 Å². The van der Waals surface area contributed by atoms with E-state index in [1.807, 2.05) is 54.6 Å². The molecule has 0 radical (unpaired) electrons. The first-order valence-corrected chi connectivity index (χ1v) is 8.14. The third-order valence-electron chi connectivity index (χ3n) is 3.47. The van der Waals surface area contributed by atoms with Crippen LogP contribution in [0.1, 0.15) is 17.5 Å². The lowest BCUT2D eigenvalue weighted by Crippen LogP contribution is -2.42. The molecular formula is C18H18BrNO3. The third kappa shape index (κ3) is 5.87. The molecule has 0 bridgehead atoms. The maximum atomic E-state index is 12.0. The molecule has 5 heteroatoms. The van der Waals surface area contributed by atoms with Gasteiger partial charge in [-0.05, 0) is 29.7 Å². The second kappa shape index (κ2) is 8.48. The van der Waals surface area contributed by atoms with Crippen molar-refractivity contribution in [2.75, 3.05) is 0 Å². The molecule has 0 heterocycles. The molecule has 120 valence electrons. The number of carbonyl (C=O) groups excluding carboxylic acids is 1. The van der Waals surface area contributed by atoms with Gasteiger partial charge >= 0.3 is 5.97 Å². The molecule has 4 nitrogen and oxygen atoms in total.